The van der Waals surface area contributed by atoms with Crippen LogP contribution in [0.4, 0.5) is 0 Å². The third-order valence-corrected chi connectivity index (χ3v) is 2.43. The van der Waals surface area contributed by atoms with Gasteiger partial charge in [-0.1, -0.05) is 24.3 Å². The highest BCUT2D eigenvalue weighted by molar-refractivity contribution is 5.35. The predicted octanol–water partition coefficient (Wildman–Crippen LogP) is 1.77. The Hall–Kier alpha value is -1.28. The van der Waals surface area contributed by atoms with Crippen LogP contribution in [0.25, 0.3) is 0 Å². The van der Waals surface area contributed by atoms with Crippen LogP contribution < -0.4 is 10.1 Å². The Morgan fingerprint density at radius 1 is 1.50 bits per heavy atom. The summed E-state index contributed by atoms with van der Waals surface area (Å²) in [5.74, 6) is 1.03. The monoisotopic (exact) mass is 189 g/mol. The number of fused-ring (bicyclic) bond motifs is 1. The van der Waals surface area contributed by atoms with E-state index in [2.05, 4.69) is 24.0 Å². The van der Waals surface area contributed by atoms with Gasteiger partial charge in [0.05, 0.1) is 0 Å². The van der Waals surface area contributed by atoms with E-state index in [0.29, 0.717) is 6.04 Å². The van der Waals surface area contributed by atoms with E-state index < -0.39 is 0 Å². The van der Waals surface area contributed by atoms with E-state index in [1.54, 1.807) is 0 Å². The summed E-state index contributed by atoms with van der Waals surface area (Å²) in [6.07, 6.45) is 2.92. The van der Waals surface area contributed by atoms with Gasteiger partial charge in [-0.05, 0) is 18.1 Å². The van der Waals surface area contributed by atoms with Gasteiger partial charge in [0.25, 0.3) is 0 Å². The highest BCUT2D eigenvalue weighted by Crippen LogP contribution is 2.23. The first-order valence-corrected chi connectivity index (χ1v) is 4.95. The van der Waals surface area contributed by atoms with Gasteiger partial charge in [0.2, 0.25) is 0 Å². The van der Waals surface area contributed by atoms with Crippen LogP contribution in [0.3, 0.4) is 0 Å². The molecule has 0 radical (unpaired) electrons. The maximum Gasteiger partial charge on any atom is 0.122 e. The zero-order chi connectivity index (χ0) is 9.80. The standard InChI is InChI=1S/C12H15NO/c1-2-7-13-11-8-10-5-3-4-6-12(10)14-9-11/h2-6,11,13H,1,7-9H2. The Labute approximate surface area is 84.6 Å². The molecule has 2 nitrogen and oxygen atoms in total. The zero-order valence-electron chi connectivity index (χ0n) is 8.20. The summed E-state index contributed by atoms with van der Waals surface area (Å²) in [6.45, 7) is 5.28. The van der Waals surface area contributed by atoms with Crippen molar-refractivity contribution in [1.29, 1.82) is 0 Å². The molecule has 1 aliphatic heterocycles. The third kappa shape index (κ3) is 1.96. The minimum absolute atomic E-state index is 0.419. The zero-order valence-corrected chi connectivity index (χ0v) is 8.20. The summed E-state index contributed by atoms with van der Waals surface area (Å²) >= 11 is 0. The molecule has 1 unspecified atom stereocenters. The number of rotatable bonds is 3. The number of para-hydroxylation sites is 1. The van der Waals surface area contributed by atoms with Crippen molar-refractivity contribution in [2.75, 3.05) is 13.2 Å². The molecule has 1 aromatic carbocycles. The van der Waals surface area contributed by atoms with Crippen LogP contribution in [-0.2, 0) is 6.42 Å². The van der Waals surface area contributed by atoms with Gasteiger partial charge in [0.15, 0.2) is 0 Å². The maximum atomic E-state index is 5.64. The van der Waals surface area contributed by atoms with Crippen molar-refractivity contribution in [3.63, 3.8) is 0 Å². The molecule has 0 saturated carbocycles. The lowest BCUT2D eigenvalue weighted by Crippen LogP contribution is -2.39. The van der Waals surface area contributed by atoms with Gasteiger partial charge in [-0.25, -0.2) is 0 Å². The predicted molar refractivity (Wildman–Crippen MR) is 57.6 cm³/mol. The molecule has 2 heteroatoms. The smallest absolute Gasteiger partial charge is 0.122 e. The molecule has 0 bridgehead atoms. The van der Waals surface area contributed by atoms with E-state index in [9.17, 15) is 0 Å². The summed E-state index contributed by atoms with van der Waals surface area (Å²) in [7, 11) is 0. The summed E-state index contributed by atoms with van der Waals surface area (Å²) in [5.41, 5.74) is 1.29. The van der Waals surface area contributed by atoms with Crippen LogP contribution in [-0.4, -0.2) is 19.2 Å². The van der Waals surface area contributed by atoms with Crippen molar-refractivity contribution in [2.45, 2.75) is 12.5 Å². The molecule has 1 aromatic rings. The molecular weight excluding hydrogens is 174 g/mol. The van der Waals surface area contributed by atoms with Crippen molar-refractivity contribution in [3.8, 4) is 5.75 Å². The molecular formula is C12H15NO. The number of ether oxygens (including phenoxy) is 1. The molecule has 14 heavy (non-hydrogen) atoms. The Morgan fingerprint density at radius 3 is 3.21 bits per heavy atom. The lowest BCUT2D eigenvalue weighted by molar-refractivity contribution is 0.242. The van der Waals surface area contributed by atoms with Crippen LogP contribution in [0, 0.1) is 0 Å². The third-order valence-electron chi connectivity index (χ3n) is 2.43. The number of benzene rings is 1. The second-order valence-electron chi connectivity index (χ2n) is 3.52. The van der Waals surface area contributed by atoms with Gasteiger partial charge in [0, 0.05) is 12.6 Å². The summed E-state index contributed by atoms with van der Waals surface area (Å²) in [6, 6.07) is 8.63. The van der Waals surface area contributed by atoms with E-state index in [1.807, 2.05) is 18.2 Å². The quantitative estimate of drug-likeness (QED) is 0.732. The lowest BCUT2D eigenvalue weighted by Gasteiger charge is -2.25. The molecule has 0 aromatic heterocycles. The molecule has 1 heterocycles. The normalized spacial score (nSPS) is 19.6. The largest absolute Gasteiger partial charge is 0.492 e. The van der Waals surface area contributed by atoms with Gasteiger partial charge >= 0.3 is 0 Å². The fourth-order valence-corrected chi connectivity index (χ4v) is 1.71. The van der Waals surface area contributed by atoms with Gasteiger partial charge in [-0.2, -0.15) is 0 Å². The average molecular weight is 189 g/mol. The highest BCUT2D eigenvalue weighted by atomic mass is 16.5. The van der Waals surface area contributed by atoms with Crippen LogP contribution in [0.15, 0.2) is 36.9 Å². The van der Waals surface area contributed by atoms with E-state index in [4.69, 9.17) is 4.74 Å². The molecule has 0 aliphatic carbocycles. The Bertz CT molecular complexity index is 322. The van der Waals surface area contributed by atoms with Gasteiger partial charge in [0.1, 0.15) is 12.4 Å². The van der Waals surface area contributed by atoms with Crippen molar-refractivity contribution in [2.24, 2.45) is 0 Å². The SMILES string of the molecule is C=CCNC1COc2ccccc2C1. The van der Waals surface area contributed by atoms with Crippen LogP contribution >= 0.6 is 0 Å². The maximum absolute atomic E-state index is 5.64. The second kappa shape index (κ2) is 4.29. The molecule has 1 atom stereocenters. The molecule has 0 amide bonds. The second-order valence-corrected chi connectivity index (χ2v) is 3.52. The molecule has 74 valence electrons. The fourth-order valence-electron chi connectivity index (χ4n) is 1.71. The Kier molecular flexibility index (Phi) is 2.84. The minimum atomic E-state index is 0.419. The van der Waals surface area contributed by atoms with E-state index in [-0.39, 0.29) is 0 Å². The summed E-state index contributed by atoms with van der Waals surface area (Å²) in [4.78, 5) is 0. The topological polar surface area (TPSA) is 21.3 Å². The molecule has 0 saturated heterocycles. The van der Waals surface area contributed by atoms with Gasteiger partial charge in [-0.3, -0.25) is 0 Å². The van der Waals surface area contributed by atoms with Crippen molar-refractivity contribution in [3.05, 3.63) is 42.5 Å². The number of hydrogen-bond donors (Lipinski definition) is 1. The summed E-state index contributed by atoms with van der Waals surface area (Å²) < 4.78 is 5.64. The van der Waals surface area contributed by atoms with Crippen LogP contribution in [0.5, 0.6) is 5.75 Å². The first-order valence-electron chi connectivity index (χ1n) is 4.95. The van der Waals surface area contributed by atoms with Crippen LogP contribution in [0.2, 0.25) is 0 Å². The Balaban J connectivity index is 2.02. The van der Waals surface area contributed by atoms with E-state index in [0.717, 1.165) is 25.3 Å². The molecule has 0 spiro atoms. The van der Waals surface area contributed by atoms with E-state index in [1.165, 1.54) is 5.56 Å². The van der Waals surface area contributed by atoms with Crippen molar-refractivity contribution < 1.29 is 4.74 Å². The van der Waals surface area contributed by atoms with Crippen molar-refractivity contribution >= 4 is 0 Å². The molecule has 2 rings (SSSR count). The average Bonchev–Trinajstić information content (AvgIpc) is 2.26. The first kappa shape index (κ1) is 9.28. The molecule has 0 fully saturated rings. The van der Waals surface area contributed by atoms with Gasteiger partial charge in [-0.15, -0.1) is 6.58 Å². The molecule has 1 N–H and O–H groups in total. The Morgan fingerprint density at radius 2 is 2.36 bits per heavy atom. The van der Waals surface area contributed by atoms with Crippen molar-refractivity contribution in [1.82, 2.24) is 5.32 Å². The van der Waals surface area contributed by atoms with E-state index >= 15 is 0 Å². The first-order chi connectivity index (χ1) is 6.90. The minimum Gasteiger partial charge on any atom is -0.492 e. The highest BCUT2D eigenvalue weighted by Gasteiger charge is 2.17. The summed E-state index contributed by atoms with van der Waals surface area (Å²) in [5, 5.41) is 3.37. The number of nitrogens with one attached hydrogen (secondary N) is 1. The molecule has 1 aliphatic rings. The fraction of sp³-hybridized carbons (Fsp3) is 0.333. The number of hydrogen-bond acceptors (Lipinski definition) is 2. The van der Waals surface area contributed by atoms with Gasteiger partial charge < -0.3 is 10.1 Å². The van der Waals surface area contributed by atoms with Crippen LogP contribution in [0.1, 0.15) is 5.56 Å². The lowest BCUT2D eigenvalue weighted by atomic mass is 10.0.